The zero-order chi connectivity index (χ0) is 25.4. The van der Waals surface area contributed by atoms with Gasteiger partial charge in [0.05, 0.1) is 5.56 Å². The Bertz CT molecular complexity index is 1050. The Morgan fingerprint density at radius 2 is 1.80 bits per heavy atom. The molecule has 190 valence electrons. The number of nitrogens with zero attached hydrogens (tertiary/aromatic N) is 2. The largest absolute Gasteiger partial charge is 0.416 e. The molecule has 4 rings (SSSR count). The predicted molar refractivity (Wildman–Crippen MR) is 122 cm³/mol. The van der Waals surface area contributed by atoms with E-state index in [1.54, 1.807) is 17.8 Å². The number of thioether (sulfide) groups is 1. The van der Waals surface area contributed by atoms with Gasteiger partial charge in [-0.25, -0.2) is 4.98 Å². The fraction of sp³-hybridized carbons (Fsp3) is 0.500. The molecule has 1 fully saturated rings. The Kier molecular flexibility index (Phi) is 7.26. The highest BCUT2D eigenvalue weighted by Crippen LogP contribution is 2.40. The molecule has 0 spiro atoms. The van der Waals surface area contributed by atoms with Crippen molar-refractivity contribution in [3.63, 3.8) is 0 Å². The zero-order valence-electron chi connectivity index (χ0n) is 18.9. The summed E-state index contributed by atoms with van der Waals surface area (Å²) in [5.41, 5.74) is -0.0159. The van der Waals surface area contributed by atoms with Crippen molar-refractivity contribution in [2.45, 2.75) is 50.1 Å². The van der Waals surface area contributed by atoms with Gasteiger partial charge in [-0.1, -0.05) is 18.2 Å². The number of fused-ring (bicyclic) bond motifs is 1. The number of nitrogens with one attached hydrogen (secondary N) is 1. The first-order valence-electron chi connectivity index (χ1n) is 11.3. The molecule has 1 saturated heterocycles. The molecule has 2 aromatic rings. The van der Waals surface area contributed by atoms with Crippen LogP contribution in [0.2, 0.25) is 0 Å². The fourth-order valence-corrected chi connectivity index (χ4v) is 5.98. The molecule has 1 aliphatic heterocycles. The smallest absolute Gasteiger partial charge is 0.367 e. The summed E-state index contributed by atoms with van der Waals surface area (Å²) in [6, 6.07) is 4.21. The Labute approximate surface area is 203 Å². The van der Waals surface area contributed by atoms with Crippen LogP contribution in [0.5, 0.6) is 0 Å². The van der Waals surface area contributed by atoms with E-state index in [9.17, 15) is 31.1 Å². The molecule has 35 heavy (non-hydrogen) atoms. The van der Waals surface area contributed by atoms with Crippen LogP contribution in [0.1, 0.15) is 41.1 Å². The molecule has 1 aromatic heterocycles. The van der Waals surface area contributed by atoms with E-state index in [1.165, 1.54) is 25.2 Å². The first kappa shape index (κ1) is 25.7. The van der Waals surface area contributed by atoms with Crippen LogP contribution in [0.3, 0.4) is 0 Å². The quantitative estimate of drug-likeness (QED) is 0.503. The number of rotatable bonds is 5. The van der Waals surface area contributed by atoms with Gasteiger partial charge in [0.1, 0.15) is 5.82 Å². The number of alkyl halides is 6. The van der Waals surface area contributed by atoms with Crippen LogP contribution in [-0.4, -0.2) is 46.6 Å². The number of halogens is 6. The van der Waals surface area contributed by atoms with Crippen LogP contribution in [0.4, 0.5) is 32.2 Å². The molecule has 2 atom stereocenters. The lowest BCUT2D eigenvalue weighted by Gasteiger charge is -2.33. The predicted octanol–water partition coefficient (Wildman–Crippen LogP) is 5.88. The molecular weight excluding hydrogens is 492 g/mol. The van der Waals surface area contributed by atoms with E-state index < -0.39 is 35.8 Å². The summed E-state index contributed by atoms with van der Waals surface area (Å²) in [4.78, 5) is 17.6. The number of hydrogen-bond donors (Lipinski definition) is 1. The lowest BCUT2D eigenvalue weighted by molar-refractivity contribution is -0.190. The molecule has 2 aliphatic rings. The Hall–Kier alpha value is -2.43. The highest BCUT2D eigenvalue weighted by molar-refractivity contribution is 7.99. The van der Waals surface area contributed by atoms with Crippen molar-refractivity contribution < 1.29 is 31.1 Å². The first-order chi connectivity index (χ1) is 16.4. The molecule has 4 nitrogen and oxygen atoms in total. The molecule has 2 heterocycles. The van der Waals surface area contributed by atoms with E-state index in [4.69, 9.17) is 0 Å². The van der Waals surface area contributed by atoms with Crippen LogP contribution in [0.25, 0.3) is 0 Å². The van der Waals surface area contributed by atoms with Crippen LogP contribution in [-0.2, 0) is 23.8 Å². The second-order valence-corrected chi connectivity index (χ2v) is 10.2. The fourth-order valence-electron chi connectivity index (χ4n) is 4.87. The molecule has 1 N–H and O–H groups in total. The van der Waals surface area contributed by atoms with Gasteiger partial charge in [0.2, 0.25) is 5.91 Å². The summed E-state index contributed by atoms with van der Waals surface area (Å²) in [7, 11) is 1.17. The molecule has 0 saturated carbocycles. The normalized spacial score (nSPS) is 19.8. The summed E-state index contributed by atoms with van der Waals surface area (Å²) in [6.07, 6.45) is -6.47. The van der Waals surface area contributed by atoms with Gasteiger partial charge in [-0.15, -0.1) is 0 Å². The minimum Gasteiger partial charge on any atom is -0.367 e. The molecule has 0 bridgehead atoms. The van der Waals surface area contributed by atoms with Crippen molar-refractivity contribution in [2.75, 3.05) is 23.9 Å². The second kappa shape index (κ2) is 9.91. The number of pyridine rings is 1. The van der Waals surface area contributed by atoms with Gasteiger partial charge in [-0.2, -0.15) is 38.1 Å². The third-order valence-corrected chi connectivity index (χ3v) is 7.61. The minimum atomic E-state index is -4.69. The van der Waals surface area contributed by atoms with Crippen molar-refractivity contribution in [3.8, 4) is 0 Å². The van der Waals surface area contributed by atoms with Crippen LogP contribution in [0, 0.1) is 5.92 Å². The average molecular weight is 518 g/mol. The number of anilines is 1. The second-order valence-electron chi connectivity index (χ2n) is 8.95. The number of benzene rings is 1. The number of carbonyl (C=O) groups is 1. The molecule has 1 aliphatic carbocycles. The maximum absolute atomic E-state index is 14.0. The Morgan fingerprint density at radius 3 is 2.40 bits per heavy atom. The molecule has 1 amide bonds. The van der Waals surface area contributed by atoms with Gasteiger partial charge in [0.25, 0.3) is 0 Å². The van der Waals surface area contributed by atoms with Crippen molar-refractivity contribution in [2.24, 2.45) is 5.92 Å². The lowest BCUT2D eigenvalue weighted by Crippen LogP contribution is -2.43. The first-order valence-corrected chi connectivity index (χ1v) is 12.4. The molecule has 0 radical (unpaired) electrons. The Balaban J connectivity index is 1.47. The van der Waals surface area contributed by atoms with Crippen LogP contribution >= 0.6 is 11.8 Å². The summed E-state index contributed by atoms with van der Waals surface area (Å²) >= 11 is 1.68. The summed E-state index contributed by atoms with van der Waals surface area (Å²) < 4.78 is 81.8. The molecule has 2 unspecified atom stereocenters. The molecule has 11 heteroatoms. The standard InChI is InChI=1S/C24H25F6N3OS/c1-33(22(34)14-7-9-35-10-8-14)21(24(28,29)30)16-5-6-20(31-13-16)32-17-11-15-3-2-4-19(18(15)12-17)23(25,26)27/h2-6,13-14,17,21H,7-12H2,1H3,(H,31,32). The number of amides is 1. The lowest BCUT2D eigenvalue weighted by atomic mass is 9.99. The maximum atomic E-state index is 14.0. The van der Waals surface area contributed by atoms with Crippen LogP contribution in [0.15, 0.2) is 36.5 Å². The monoisotopic (exact) mass is 517 g/mol. The summed E-state index contributed by atoms with van der Waals surface area (Å²) in [5, 5.41) is 3.03. The van der Waals surface area contributed by atoms with E-state index in [1.807, 2.05) is 0 Å². The number of carbonyl (C=O) groups excluding carboxylic acids is 1. The highest BCUT2D eigenvalue weighted by Gasteiger charge is 2.46. The van der Waals surface area contributed by atoms with Gasteiger partial charge in [0, 0.05) is 30.8 Å². The number of hydrogen-bond acceptors (Lipinski definition) is 4. The third-order valence-electron chi connectivity index (χ3n) is 6.56. The van der Waals surface area contributed by atoms with Crippen molar-refractivity contribution in [3.05, 3.63) is 58.8 Å². The highest BCUT2D eigenvalue weighted by atomic mass is 32.2. The summed E-state index contributed by atoms with van der Waals surface area (Å²) in [5.74, 6) is 0.806. The van der Waals surface area contributed by atoms with E-state index in [2.05, 4.69) is 10.3 Å². The van der Waals surface area contributed by atoms with Crippen LogP contribution < -0.4 is 5.32 Å². The SMILES string of the molecule is CN(C(=O)C1CCSCC1)C(c1ccc(NC2Cc3cccc(C(F)(F)F)c3C2)nc1)C(F)(F)F. The van der Waals surface area contributed by atoms with Gasteiger partial charge < -0.3 is 10.2 Å². The third kappa shape index (κ3) is 5.70. The Morgan fingerprint density at radius 1 is 1.09 bits per heavy atom. The van der Waals surface area contributed by atoms with E-state index >= 15 is 0 Å². The summed E-state index contributed by atoms with van der Waals surface area (Å²) in [6.45, 7) is 0. The van der Waals surface area contributed by atoms with Crippen molar-refractivity contribution >= 4 is 23.5 Å². The van der Waals surface area contributed by atoms with Gasteiger partial charge in [0.15, 0.2) is 6.04 Å². The van der Waals surface area contributed by atoms with Gasteiger partial charge in [-0.3, -0.25) is 4.79 Å². The van der Waals surface area contributed by atoms with Crippen molar-refractivity contribution in [1.29, 1.82) is 0 Å². The van der Waals surface area contributed by atoms with Gasteiger partial charge in [-0.05, 0) is 60.4 Å². The zero-order valence-corrected chi connectivity index (χ0v) is 19.7. The van der Waals surface area contributed by atoms with E-state index in [0.29, 0.717) is 24.8 Å². The topological polar surface area (TPSA) is 45.2 Å². The van der Waals surface area contributed by atoms with E-state index in [0.717, 1.165) is 28.7 Å². The maximum Gasteiger partial charge on any atom is 0.416 e. The minimum absolute atomic E-state index is 0.135. The van der Waals surface area contributed by atoms with Crippen molar-refractivity contribution in [1.82, 2.24) is 9.88 Å². The number of aromatic nitrogens is 1. The van der Waals surface area contributed by atoms with Gasteiger partial charge >= 0.3 is 12.4 Å². The van der Waals surface area contributed by atoms with E-state index in [-0.39, 0.29) is 29.4 Å². The molecular formula is C24H25F6N3OS. The molecule has 1 aromatic carbocycles. The average Bonchev–Trinajstić information content (AvgIpc) is 3.21.